The van der Waals surface area contributed by atoms with Crippen LogP contribution in [0.2, 0.25) is 0 Å². The highest BCUT2D eigenvalue weighted by molar-refractivity contribution is 5.28. The van der Waals surface area contributed by atoms with Gasteiger partial charge in [0.15, 0.2) is 0 Å². The number of halogens is 1. The van der Waals surface area contributed by atoms with E-state index < -0.39 is 0 Å². The zero-order valence-corrected chi connectivity index (χ0v) is 10.4. The van der Waals surface area contributed by atoms with E-state index in [1.54, 1.807) is 19.1 Å². The van der Waals surface area contributed by atoms with Gasteiger partial charge >= 0.3 is 0 Å². The number of nitrogens with two attached hydrogens (primary N) is 1. The van der Waals surface area contributed by atoms with Crippen LogP contribution in [0.1, 0.15) is 18.9 Å². The van der Waals surface area contributed by atoms with Crippen LogP contribution in [-0.4, -0.2) is 25.9 Å². The standard InChI is InChI=1S/C13H20FNO2/c1-3-16-12(9-15)6-7-17-11-4-5-13(14)10(2)8-11/h4-5,8,12H,3,6-7,9,15H2,1-2H3. The Hall–Kier alpha value is -1.13. The van der Waals surface area contributed by atoms with Crippen LogP contribution < -0.4 is 10.5 Å². The number of ether oxygens (including phenoxy) is 2. The number of rotatable bonds is 7. The number of benzene rings is 1. The molecule has 0 heterocycles. The summed E-state index contributed by atoms with van der Waals surface area (Å²) in [5.74, 6) is 0.461. The Bertz CT molecular complexity index is 344. The number of hydrogen-bond acceptors (Lipinski definition) is 3. The molecule has 0 saturated heterocycles. The zero-order valence-electron chi connectivity index (χ0n) is 10.4. The van der Waals surface area contributed by atoms with Crippen LogP contribution in [0, 0.1) is 12.7 Å². The first-order valence-electron chi connectivity index (χ1n) is 5.88. The van der Waals surface area contributed by atoms with E-state index in [4.69, 9.17) is 15.2 Å². The molecule has 1 atom stereocenters. The summed E-state index contributed by atoms with van der Waals surface area (Å²) in [7, 11) is 0. The van der Waals surface area contributed by atoms with Crippen molar-refractivity contribution in [3.8, 4) is 5.75 Å². The molecule has 0 amide bonds. The monoisotopic (exact) mass is 241 g/mol. The second kappa shape index (κ2) is 7.25. The lowest BCUT2D eigenvalue weighted by Gasteiger charge is -2.15. The number of hydrogen-bond donors (Lipinski definition) is 1. The second-order valence-corrected chi connectivity index (χ2v) is 3.86. The van der Waals surface area contributed by atoms with Gasteiger partial charge in [-0.25, -0.2) is 4.39 Å². The van der Waals surface area contributed by atoms with E-state index in [2.05, 4.69) is 0 Å². The molecular weight excluding hydrogens is 221 g/mol. The number of aryl methyl sites for hydroxylation is 1. The molecule has 3 nitrogen and oxygen atoms in total. The summed E-state index contributed by atoms with van der Waals surface area (Å²) in [5, 5.41) is 0. The van der Waals surface area contributed by atoms with E-state index in [1.807, 2.05) is 6.92 Å². The van der Waals surface area contributed by atoms with E-state index in [-0.39, 0.29) is 11.9 Å². The van der Waals surface area contributed by atoms with Crippen molar-refractivity contribution in [2.75, 3.05) is 19.8 Å². The Morgan fingerprint density at radius 1 is 1.41 bits per heavy atom. The van der Waals surface area contributed by atoms with Crippen molar-refractivity contribution < 1.29 is 13.9 Å². The van der Waals surface area contributed by atoms with Gasteiger partial charge in [0, 0.05) is 19.6 Å². The van der Waals surface area contributed by atoms with Crippen molar-refractivity contribution in [3.05, 3.63) is 29.6 Å². The lowest BCUT2D eigenvalue weighted by atomic mass is 10.2. The van der Waals surface area contributed by atoms with Crippen LogP contribution in [-0.2, 0) is 4.74 Å². The third kappa shape index (κ3) is 4.71. The highest BCUT2D eigenvalue weighted by Crippen LogP contribution is 2.16. The van der Waals surface area contributed by atoms with Crippen molar-refractivity contribution in [1.82, 2.24) is 0 Å². The minimum absolute atomic E-state index is 0.0292. The van der Waals surface area contributed by atoms with Gasteiger partial charge in [0.2, 0.25) is 0 Å². The molecule has 17 heavy (non-hydrogen) atoms. The molecule has 1 aromatic rings. The molecule has 0 bridgehead atoms. The Kier molecular flexibility index (Phi) is 5.94. The van der Waals surface area contributed by atoms with Crippen molar-refractivity contribution in [2.45, 2.75) is 26.4 Å². The minimum atomic E-state index is -0.216. The first-order chi connectivity index (χ1) is 8.17. The van der Waals surface area contributed by atoms with E-state index in [1.165, 1.54) is 6.07 Å². The zero-order chi connectivity index (χ0) is 12.7. The summed E-state index contributed by atoms with van der Waals surface area (Å²) in [5.41, 5.74) is 6.14. The van der Waals surface area contributed by atoms with Gasteiger partial charge in [0.25, 0.3) is 0 Å². The van der Waals surface area contributed by atoms with Gasteiger partial charge in [0.1, 0.15) is 11.6 Å². The molecule has 1 rings (SSSR count). The first-order valence-corrected chi connectivity index (χ1v) is 5.88. The molecule has 96 valence electrons. The lowest BCUT2D eigenvalue weighted by Crippen LogP contribution is -2.25. The third-order valence-electron chi connectivity index (χ3n) is 2.50. The molecular formula is C13H20FNO2. The molecule has 0 aromatic heterocycles. The molecule has 0 aliphatic heterocycles. The fourth-order valence-corrected chi connectivity index (χ4v) is 1.52. The Labute approximate surface area is 102 Å². The van der Waals surface area contributed by atoms with Crippen LogP contribution >= 0.6 is 0 Å². The van der Waals surface area contributed by atoms with Gasteiger partial charge in [-0.05, 0) is 37.6 Å². The summed E-state index contributed by atoms with van der Waals surface area (Å²) < 4.78 is 23.9. The maximum absolute atomic E-state index is 13.0. The highest BCUT2D eigenvalue weighted by atomic mass is 19.1. The van der Waals surface area contributed by atoms with Crippen molar-refractivity contribution in [2.24, 2.45) is 5.73 Å². The molecule has 0 aliphatic rings. The maximum atomic E-state index is 13.0. The van der Waals surface area contributed by atoms with Crippen LogP contribution in [0.15, 0.2) is 18.2 Å². The summed E-state index contributed by atoms with van der Waals surface area (Å²) >= 11 is 0. The second-order valence-electron chi connectivity index (χ2n) is 3.86. The topological polar surface area (TPSA) is 44.5 Å². The van der Waals surface area contributed by atoms with E-state index in [0.29, 0.717) is 31.1 Å². The molecule has 0 aliphatic carbocycles. The summed E-state index contributed by atoms with van der Waals surface area (Å²) in [6.07, 6.45) is 0.766. The Morgan fingerprint density at radius 2 is 2.18 bits per heavy atom. The van der Waals surface area contributed by atoms with Gasteiger partial charge in [0.05, 0.1) is 12.7 Å². The average molecular weight is 241 g/mol. The van der Waals surface area contributed by atoms with Crippen LogP contribution in [0.5, 0.6) is 5.75 Å². The Balaban J connectivity index is 2.37. The van der Waals surface area contributed by atoms with E-state index in [0.717, 1.165) is 6.42 Å². The predicted octanol–water partition coefficient (Wildman–Crippen LogP) is 2.27. The van der Waals surface area contributed by atoms with E-state index >= 15 is 0 Å². The van der Waals surface area contributed by atoms with Crippen molar-refractivity contribution in [3.63, 3.8) is 0 Å². The van der Waals surface area contributed by atoms with Crippen LogP contribution in [0.25, 0.3) is 0 Å². The highest BCUT2D eigenvalue weighted by Gasteiger charge is 2.06. The van der Waals surface area contributed by atoms with Gasteiger partial charge in [-0.1, -0.05) is 0 Å². The van der Waals surface area contributed by atoms with Gasteiger partial charge in [-0.15, -0.1) is 0 Å². The average Bonchev–Trinajstić information content (AvgIpc) is 2.32. The van der Waals surface area contributed by atoms with E-state index in [9.17, 15) is 4.39 Å². The molecule has 2 N–H and O–H groups in total. The molecule has 0 fully saturated rings. The maximum Gasteiger partial charge on any atom is 0.126 e. The molecule has 0 spiro atoms. The fourth-order valence-electron chi connectivity index (χ4n) is 1.52. The fraction of sp³-hybridized carbons (Fsp3) is 0.538. The van der Waals surface area contributed by atoms with Crippen molar-refractivity contribution in [1.29, 1.82) is 0 Å². The van der Waals surface area contributed by atoms with Crippen LogP contribution in [0.3, 0.4) is 0 Å². The predicted molar refractivity (Wildman–Crippen MR) is 65.7 cm³/mol. The smallest absolute Gasteiger partial charge is 0.126 e. The molecule has 0 saturated carbocycles. The molecule has 1 aromatic carbocycles. The lowest BCUT2D eigenvalue weighted by molar-refractivity contribution is 0.0527. The normalized spacial score (nSPS) is 12.5. The van der Waals surface area contributed by atoms with Crippen LogP contribution in [0.4, 0.5) is 4.39 Å². The molecule has 1 unspecified atom stereocenters. The molecule has 4 heteroatoms. The summed E-state index contributed by atoms with van der Waals surface area (Å²) in [6.45, 7) is 5.31. The van der Waals surface area contributed by atoms with Gasteiger partial charge in [-0.2, -0.15) is 0 Å². The molecule has 0 radical (unpaired) electrons. The SMILES string of the molecule is CCOC(CN)CCOc1ccc(F)c(C)c1. The quantitative estimate of drug-likeness (QED) is 0.796. The Morgan fingerprint density at radius 3 is 2.76 bits per heavy atom. The van der Waals surface area contributed by atoms with Crippen molar-refractivity contribution >= 4 is 0 Å². The minimum Gasteiger partial charge on any atom is -0.493 e. The van der Waals surface area contributed by atoms with Gasteiger partial charge < -0.3 is 15.2 Å². The van der Waals surface area contributed by atoms with Gasteiger partial charge in [-0.3, -0.25) is 0 Å². The summed E-state index contributed by atoms with van der Waals surface area (Å²) in [4.78, 5) is 0. The first kappa shape index (κ1) is 13.9. The largest absolute Gasteiger partial charge is 0.493 e. The third-order valence-corrected chi connectivity index (χ3v) is 2.50. The summed E-state index contributed by atoms with van der Waals surface area (Å²) in [6, 6.07) is 4.72.